The van der Waals surface area contributed by atoms with Gasteiger partial charge in [-0.1, -0.05) is 6.07 Å². The monoisotopic (exact) mass is 372 g/mol. The van der Waals surface area contributed by atoms with Gasteiger partial charge in [0.2, 0.25) is 0 Å². The third-order valence-electron chi connectivity index (χ3n) is 4.30. The summed E-state index contributed by atoms with van der Waals surface area (Å²) in [5, 5.41) is 11.9. The maximum atomic E-state index is 12.8. The highest BCUT2D eigenvalue weighted by Gasteiger charge is 2.33. The van der Waals surface area contributed by atoms with Crippen LogP contribution in [0.1, 0.15) is 33.4 Å². The van der Waals surface area contributed by atoms with Crippen LogP contribution in [-0.2, 0) is 9.53 Å². The lowest BCUT2D eigenvalue weighted by Gasteiger charge is -2.35. The van der Waals surface area contributed by atoms with E-state index in [4.69, 9.17) is 9.15 Å². The average Bonchev–Trinajstić information content (AvgIpc) is 3.17. The number of ether oxygens (including phenoxy) is 1. The van der Waals surface area contributed by atoms with E-state index < -0.39 is 18.0 Å². The summed E-state index contributed by atoms with van der Waals surface area (Å²) in [6.07, 6.45) is -0.0335. The number of morpholine rings is 1. The predicted octanol–water partition coefficient (Wildman–Crippen LogP) is 2.15. The molecule has 2 N–H and O–H groups in total. The summed E-state index contributed by atoms with van der Waals surface area (Å²) in [4.78, 5) is 37.7. The first kappa shape index (κ1) is 18.7. The zero-order valence-corrected chi connectivity index (χ0v) is 15.0. The average molecular weight is 372 g/mol. The van der Waals surface area contributed by atoms with Crippen LogP contribution in [0.4, 0.5) is 5.69 Å². The van der Waals surface area contributed by atoms with Crippen molar-refractivity contribution in [3.8, 4) is 0 Å². The molecule has 2 amide bonds. The minimum absolute atomic E-state index is 0.0273. The first-order chi connectivity index (χ1) is 12.8. The van der Waals surface area contributed by atoms with Gasteiger partial charge in [-0.15, -0.1) is 0 Å². The van der Waals surface area contributed by atoms with Crippen molar-refractivity contribution in [2.75, 3.05) is 18.4 Å². The third-order valence-corrected chi connectivity index (χ3v) is 4.30. The SMILES string of the molecule is Cc1ccc(C(=O)N2CC(C(=O)O)O[C@H](C)C2)cc1NC(=O)c1ccco1. The fourth-order valence-corrected chi connectivity index (χ4v) is 2.92. The molecule has 27 heavy (non-hydrogen) atoms. The van der Waals surface area contributed by atoms with Gasteiger partial charge in [0, 0.05) is 17.8 Å². The van der Waals surface area contributed by atoms with Gasteiger partial charge in [-0.3, -0.25) is 9.59 Å². The highest BCUT2D eigenvalue weighted by atomic mass is 16.5. The Morgan fingerprint density at radius 1 is 1.22 bits per heavy atom. The second kappa shape index (κ2) is 7.63. The van der Waals surface area contributed by atoms with E-state index in [1.807, 2.05) is 6.92 Å². The van der Waals surface area contributed by atoms with Crippen molar-refractivity contribution in [2.24, 2.45) is 0 Å². The molecule has 1 saturated heterocycles. The highest BCUT2D eigenvalue weighted by Crippen LogP contribution is 2.21. The fraction of sp³-hybridized carbons (Fsp3) is 0.316. The number of amides is 2. The van der Waals surface area contributed by atoms with Crippen molar-refractivity contribution in [2.45, 2.75) is 26.1 Å². The molecule has 8 nitrogen and oxygen atoms in total. The summed E-state index contributed by atoms with van der Waals surface area (Å²) < 4.78 is 10.4. The second-order valence-electron chi connectivity index (χ2n) is 6.44. The maximum absolute atomic E-state index is 12.8. The van der Waals surface area contributed by atoms with Gasteiger partial charge in [-0.2, -0.15) is 0 Å². The molecule has 8 heteroatoms. The number of hydrogen-bond donors (Lipinski definition) is 2. The second-order valence-corrected chi connectivity index (χ2v) is 6.44. The molecule has 0 spiro atoms. The number of carbonyl (C=O) groups is 3. The van der Waals surface area contributed by atoms with Crippen LogP contribution in [-0.4, -0.2) is 53.1 Å². The number of carboxylic acid groups (broad SMARTS) is 1. The van der Waals surface area contributed by atoms with Gasteiger partial charge in [0.15, 0.2) is 11.9 Å². The minimum atomic E-state index is -1.10. The van der Waals surface area contributed by atoms with Crippen LogP contribution < -0.4 is 5.32 Å². The van der Waals surface area contributed by atoms with Crippen LogP contribution >= 0.6 is 0 Å². The van der Waals surface area contributed by atoms with Crippen LogP contribution in [0.3, 0.4) is 0 Å². The fourth-order valence-electron chi connectivity index (χ4n) is 2.92. The quantitative estimate of drug-likeness (QED) is 0.851. The van der Waals surface area contributed by atoms with Crippen LogP contribution in [0.25, 0.3) is 0 Å². The molecular formula is C19H20N2O6. The summed E-state index contributed by atoms with van der Waals surface area (Å²) in [7, 11) is 0. The predicted molar refractivity (Wildman–Crippen MR) is 95.7 cm³/mol. The molecule has 1 aromatic heterocycles. The molecule has 1 aliphatic rings. The Balaban J connectivity index is 1.79. The number of furan rings is 1. The molecule has 1 unspecified atom stereocenters. The third kappa shape index (κ3) is 4.17. The number of carbonyl (C=O) groups excluding carboxylic acids is 2. The van der Waals surface area contributed by atoms with Gasteiger partial charge < -0.3 is 24.5 Å². The molecule has 0 radical (unpaired) electrons. The lowest BCUT2D eigenvalue weighted by Crippen LogP contribution is -2.51. The largest absolute Gasteiger partial charge is 0.479 e. The minimum Gasteiger partial charge on any atom is -0.479 e. The number of aryl methyl sites for hydroxylation is 1. The topological polar surface area (TPSA) is 109 Å². The van der Waals surface area contributed by atoms with Crippen LogP contribution in [0.2, 0.25) is 0 Å². The molecule has 1 aliphatic heterocycles. The Bertz CT molecular complexity index is 861. The Labute approximate surface area is 155 Å². The summed E-state index contributed by atoms with van der Waals surface area (Å²) in [6, 6.07) is 8.11. The Kier molecular flexibility index (Phi) is 5.27. The number of hydrogen-bond acceptors (Lipinski definition) is 5. The molecule has 1 fully saturated rings. The Morgan fingerprint density at radius 3 is 2.67 bits per heavy atom. The molecule has 2 heterocycles. The summed E-state index contributed by atoms with van der Waals surface area (Å²) >= 11 is 0. The Morgan fingerprint density at radius 2 is 2.00 bits per heavy atom. The van der Waals surface area contributed by atoms with E-state index in [0.717, 1.165) is 5.56 Å². The molecule has 3 rings (SSSR count). The number of rotatable bonds is 4. The molecule has 142 valence electrons. The van der Waals surface area contributed by atoms with E-state index in [9.17, 15) is 19.5 Å². The number of aliphatic carboxylic acids is 1. The van der Waals surface area contributed by atoms with Crippen LogP contribution in [0, 0.1) is 6.92 Å². The zero-order valence-electron chi connectivity index (χ0n) is 15.0. The Hall–Kier alpha value is -3.13. The normalized spacial score (nSPS) is 19.6. The number of nitrogens with zero attached hydrogens (tertiary/aromatic N) is 1. The van der Waals surface area contributed by atoms with E-state index in [-0.39, 0.29) is 24.3 Å². The molecule has 0 aliphatic carbocycles. The van der Waals surface area contributed by atoms with Crippen molar-refractivity contribution < 1.29 is 28.6 Å². The van der Waals surface area contributed by atoms with Crippen molar-refractivity contribution in [1.29, 1.82) is 0 Å². The first-order valence-electron chi connectivity index (χ1n) is 8.48. The van der Waals surface area contributed by atoms with Crippen molar-refractivity contribution in [3.05, 3.63) is 53.5 Å². The lowest BCUT2D eigenvalue weighted by atomic mass is 10.1. The molecule has 1 aromatic carbocycles. The number of carboxylic acids is 1. The number of anilines is 1. The zero-order chi connectivity index (χ0) is 19.6. The summed E-state index contributed by atoms with van der Waals surface area (Å²) in [5.74, 6) is -1.67. The molecule has 2 aromatic rings. The van der Waals surface area contributed by atoms with E-state index in [2.05, 4.69) is 5.32 Å². The van der Waals surface area contributed by atoms with Gasteiger partial charge in [0.25, 0.3) is 11.8 Å². The van der Waals surface area contributed by atoms with E-state index in [1.54, 1.807) is 37.3 Å². The molecule has 0 saturated carbocycles. The number of nitrogens with one attached hydrogen (secondary N) is 1. The molecule has 2 atom stereocenters. The van der Waals surface area contributed by atoms with Crippen molar-refractivity contribution in [1.82, 2.24) is 4.90 Å². The first-order valence-corrected chi connectivity index (χ1v) is 8.48. The number of benzene rings is 1. The molecule has 0 bridgehead atoms. The van der Waals surface area contributed by atoms with Gasteiger partial charge in [0.1, 0.15) is 0 Å². The van der Waals surface area contributed by atoms with Crippen molar-refractivity contribution >= 4 is 23.5 Å². The standard InChI is InChI=1S/C19H20N2O6/c1-11-5-6-13(8-14(11)20-17(22)15-4-3-7-26-15)18(23)21-9-12(2)27-16(10-21)19(24)25/h3-8,12,16H,9-10H2,1-2H3,(H,20,22)(H,24,25)/t12-,16?/m1/s1. The van der Waals surface area contributed by atoms with Gasteiger partial charge in [-0.25, -0.2) is 4.79 Å². The van der Waals surface area contributed by atoms with E-state index in [1.165, 1.54) is 11.2 Å². The summed E-state index contributed by atoms with van der Waals surface area (Å²) in [6.45, 7) is 3.80. The van der Waals surface area contributed by atoms with E-state index in [0.29, 0.717) is 17.8 Å². The molecular weight excluding hydrogens is 352 g/mol. The van der Waals surface area contributed by atoms with Gasteiger partial charge in [-0.05, 0) is 43.7 Å². The van der Waals surface area contributed by atoms with E-state index >= 15 is 0 Å². The summed E-state index contributed by atoms with van der Waals surface area (Å²) in [5.41, 5.74) is 1.62. The smallest absolute Gasteiger partial charge is 0.334 e. The van der Waals surface area contributed by atoms with Gasteiger partial charge in [0.05, 0.1) is 18.9 Å². The van der Waals surface area contributed by atoms with Crippen LogP contribution in [0.15, 0.2) is 41.0 Å². The lowest BCUT2D eigenvalue weighted by molar-refractivity contribution is -0.160. The highest BCUT2D eigenvalue weighted by molar-refractivity contribution is 6.04. The van der Waals surface area contributed by atoms with Gasteiger partial charge >= 0.3 is 5.97 Å². The van der Waals surface area contributed by atoms with Crippen LogP contribution in [0.5, 0.6) is 0 Å². The maximum Gasteiger partial charge on any atom is 0.334 e. The van der Waals surface area contributed by atoms with Crippen molar-refractivity contribution in [3.63, 3.8) is 0 Å².